The van der Waals surface area contributed by atoms with Crippen molar-refractivity contribution in [3.63, 3.8) is 0 Å². The molecule has 6 nitrogen and oxygen atoms in total. The van der Waals surface area contributed by atoms with Crippen molar-refractivity contribution in [2.45, 2.75) is 44.4 Å². The minimum atomic E-state index is -3.46. The zero-order chi connectivity index (χ0) is 22.2. The molecule has 4 rings (SSSR count). The monoisotopic (exact) mass is 441 g/mol. The molecule has 1 amide bonds. The van der Waals surface area contributed by atoms with Gasteiger partial charge >= 0.3 is 0 Å². The number of anilines is 2. The van der Waals surface area contributed by atoms with Gasteiger partial charge in [-0.3, -0.25) is 4.79 Å². The van der Waals surface area contributed by atoms with E-state index in [1.807, 2.05) is 24.1 Å². The molecule has 2 aliphatic rings. The molecule has 0 unspecified atom stereocenters. The Morgan fingerprint density at radius 3 is 2.52 bits per heavy atom. The van der Waals surface area contributed by atoms with Gasteiger partial charge in [-0.15, -0.1) is 0 Å². The molecule has 2 aromatic rings. The lowest BCUT2D eigenvalue weighted by Gasteiger charge is -2.26. The Kier molecular flexibility index (Phi) is 6.08. The lowest BCUT2D eigenvalue weighted by Crippen LogP contribution is -2.38. The van der Waals surface area contributed by atoms with Gasteiger partial charge in [-0.2, -0.15) is 4.31 Å². The molecule has 166 valence electrons. The van der Waals surface area contributed by atoms with Crippen LogP contribution in [0.3, 0.4) is 0 Å². The number of rotatable bonds is 5. The summed E-state index contributed by atoms with van der Waals surface area (Å²) in [5.41, 5.74) is 5.19. The summed E-state index contributed by atoms with van der Waals surface area (Å²) < 4.78 is 27.6. The molecule has 0 N–H and O–H groups in total. The van der Waals surface area contributed by atoms with Crippen LogP contribution in [0.25, 0.3) is 0 Å². The Balaban J connectivity index is 1.51. The lowest BCUT2D eigenvalue weighted by atomic mass is 10.1. The predicted molar refractivity (Wildman–Crippen MR) is 124 cm³/mol. The maximum atomic E-state index is 13.1. The van der Waals surface area contributed by atoms with Gasteiger partial charge in [0.25, 0.3) is 0 Å². The highest BCUT2D eigenvalue weighted by molar-refractivity contribution is 7.89. The number of fused-ring (bicyclic) bond motifs is 1. The van der Waals surface area contributed by atoms with Crippen LogP contribution >= 0.6 is 0 Å². The Bertz CT molecular complexity index is 1090. The second-order valence-electron chi connectivity index (χ2n) is 8.63. The molecule has 31 heavy (non-hydrogen) atoms. The maximum absolute atomic E-state index is 13.1. The van der Waals surface area contributed by atoms with Gasteiger partial charge in [0.1, 0.15) is 0 Å². The number of carbonyl (C=O) groups is 1. The summed E-state index contributed by atoms with van der Waals surface area (Å²) in [4.78, 5) is 17.2. The summed E-state index contributed by atoms with van der Waals surface area (Å²) in [5.74, 6) is 0.0220. The van der Waals surface area contributed by atoms with Gasteiger partial charge in [0.15, 0.2) is 0 Å². The summed E-state index contributed by atoms with van der Waals surface area (Å²) >= 11 is 0. The summed E-state index contributed by atoms with van der Waals surface area (Å²) in [6.07, 6.45) is 3.60. The first-order valence-corrected chi connectivity index (χ1v) is 12.4. The van der Waals surface area contributed by atoms with Crippen molar-refractivity contribution in [1.29, 1.82) is 0 Å². The highest BCUT2D eigenvalue weighted by atomic mass is 32.2. The van der Waals surface area contributed by atoms with Crippen LogP contribution in [0.5, 0.6) is 0 Å². The smallest absolute Gasteiger partial charge is 0.246 e. The van der Waals surface area contributed by atoms with Crippen LogP contribution in [-0.4, -0.2) is 51.9 Å². The SMILES string of the molecule is Cc1cccc(N(C)CC(=O)N2CCc3cc(S(=O)(=O)N4CCCCC4)ccc32)c1C. The normalized spacial score (nSPS) is 16.9. The maximum Gasteiger partial charge on any atom is 0.246 e. The number of likely N-dealkylation sites (N-methyl/N-ethyl adjacent to an activating group) is 1. The van der Waals surface area contributed by atoms with E-state index >= 15 is 0 Å². The molecule has 1 fully saturated rings. The van der Waals surface area contributed by atoms with Crippen LogP contribution in [0.1, 0.15) is 36.0 Å². The fourth-order valence-electron chi connectivity index (χ4n) is 4.57. The Morgan fingerprint density at radius 2 is 1.77 bits per heavy atom. The van der Waals surface area contributed by atoms with Crippen molar-refractivity contribution in [3.8, 4) is 0 Å². The van der Waals surface area contributed by atoms with Crippen LogP contribution in [0.4, 0.5) is 11.4 Å². The first-order valence-electron chi connectivity index (χ1n) is 11.0. The number of hydrogen-bond donors (Lipinski definition) is 0. The molecule has 2 aromatic carbocycles. The third-order valence-electron chi connectivity index (χ3n) is 6.56. The van der Waals surface area contributed by atoms with Crippen molar-refractivity contribution in [2.75, 3.05) is 43.0 Å². The number of amides is 1. The van der Waals surface area contributed by atoms with Gasteiger partial charge in [-0.05, 0) is 74.1 Å². The van der Waals surface area contributed by atoms with Gasteiger partial charge in [0.2, 0.25) is 15.9 Å². The van der Waals surface area contributed by atoms with E-state index in [9.17, 15) is 13.2 Å². The van der Waals surface area contributed by atoms with E-state index in [1.165, 1.54) is 11.1 Å². The molecule has 2 heterocycles. The number of piperidine rings is 1. The second-order valence-corrected chi connectivity index (χ2v) is 10.6. The van der Waals surface area contributed by atoms with Crippen LogP contribution in [0, 0.1) is 13.8 Å². The molecule has 0 aromatic heterocycles. The van der Waals surface area contributed by atoms with Gasteiger partial charge in [0.05, 0.1) is 11.4 Å². The Labute approximate surface area is 185 Å². The van der Waals surface area contributed by atoms with Gasteiger partial charge in [-0.1, -0.05) is 18.6 Å². The Hall–Kier alpha value is -2.38. The van der Waals surface area contributed by atoms with E-state index < -0.39 is 10.0 Å². The molecule has 0 radical (unpaired) electrons. The summed E-state index contributed by atoms with van der Waals surface area (Å²) in [7, 11) is -1.53. The fourth-order valence-corrected chi connectivity index (χ4v) is 6.14. The van der Waals surface area contributed by atoms with Gasteiger partial charge in [0, 0.05) is 38.1 Å². The van der Waals surface area contributed by atoms with E-state index in [0.717, 1.165) is 36.2 Å². The van der Waals surface area contributed by atoms with Crippen LogP contribution < -0.4 is 9.80 Å². The minimum Gasteiger partial charge on any atom is -0.365 e. The molecule has 2 aliphatic heterocycles. The number of carbonyl (C=O) groups excluding carboxylic acids is 1. The molecule has 0 spiro atoms. The molecular weight excluding hydrogens is 410 g/mol. The number of aryl methyl sites for hydroxylation is 1. The largest absolute Gasteiger partial charge is 0.365 e. The molecule has 0 saturated carbocycles. The lowest BCUT2D eigenvalue weighted by molar-refractivity contribution is -0.117. The fraction of sp³-hybridized carbons (Fsp3) is 0.458. The molecule has 7 heteroatoms. The van der Waals surface area contributed by atoms with Crippen LogP contribution in [0.15, 0.2) is 41.3 Å². The summed E-state index contributed by atoms with van der Waals surface area (Å²) in [6, 6.07) is 11.3. The van der Waals surface area contributed by atoms with Crippen molar-refractivity contribution < 1.29 is 13.2 Å². The number of sulfonamides is 1. The Morgan fingerprint density at radius 1 is 1.03 bits per heavy atom. The summed E-state index contributed by atoms with van der Waals surface area (Å²) in [5, 5.41) is 0. The topological polar surface area (TPSA) is 60.9 Å². The first-order chi connectivity index (χ1) is 14.8. The van der Waals surface area contributed by atoms with Crippen LogP contribution in [-0.2, 0) is 21.2 Å². The quantitative estimate of drug-likeness (QED) is 0.713. The van der Waals surface area contributed by atoms with Crippen molar-refractivity contribution in [1.82, 2.24) is 4.31 Å². The average Bonchev–Trinajstić information content (AvgIpc) is 3.19. The molecular formula is C24H31N3O3S. The van der Waals surface area contributed by atoms with E-state index in [2.05, 4.69) is 19.9 Å². The zero-order valence-corrected chi connectivity index (χ0v) is 19.4. The second kappa shape index (κ2) is 8.63. The third kappa shape index (κ3) is 4.21. The van der Waals surface area contributed by atoms with E-state index in [4.69, 9.17) is 0 Å². The van der Waals surface area contributed by atoms with Gasteiger partial charge in [-0.25, -0.2) is 8.42 Å². The van der Waals surface area contributed by atoms with Crippen molar-refractivity contribution >= 4 is 27.3 Å². The first kappa shape index (κ1) is 21.8. The average molecular weight is 442 g/mol. The molecule has 0 aliphatic carbocycles. The third-order valence-corrected chi connectivity index (χ3v) is 8.45. The minimum absolute atomic E-state index is 0.0220. The highest BCUT2D eigenvalue weighted by Gasteiger charge is 2.30. The zero-order valence-electron chi connectivity index (χ0n) is 18.6. The standard InChI is InChI=1S/C24H31N3O3S/c1-18-8-7-9-22(19(18)2)25(3)17-24(28)27-15-12-20-16-21(10-11-23(20)27)31(29,30)26-13-5-4-6-14-26/h7-11,16H,4-6,12-15,17H2,1-3H3. The molecule has 0 bridgehead atoms. The van der Waals surface area contributed by atoms with E-state index in [-0.39, 0.29) is 12.5 Å². The molecule has 1 saturated heterocycles. The number of hydrogen-bond acceptors (Lipinski definition) is 4. The van der Waals surface area contributed by atoms with Crippen molar-refractivity contribution in [2.24, 2.45) is 0 Å². The number of benzene rings is 2. The predicted octanol–water partition coefficient (Wildman–Crippen LogP) is 3.50. The molecule has 0 atom stereocenters. The van der Waals surface area contributed by atoms with Crippen molar-refractivity contribution in [3.05, 3.63) is 53.1 Å². The number of nitrogens with zero attached hydrogens (tertiary/aromatic N) is 3. The van der Waals surface area contributed by atoms with Crippen LogP contribution in [0.2, 0.25) is 0 Å². The highest BCUT2D eigenvalue weighted by Crippen LogP contribution is 2.32. The van der Waals surface area contributed by atoms with Gasteiger partial charge < -0.3 is 9.80 Å². The van der Waals surface area contributed by atoms with E-state index in [0.29, 0.717) is 31.0 Å². The van der Waals surface area contributed by atoms with E-state index in [1.54, 1.807) is 27.4 Å². The summed E-state index contributed by atoms with van der Waals surface area (Å²) in [6.45, 7) is 6.19.